The van der Waals surface area contributed by atoms with Crippen molar-refractivity contribution in [3.63, 3.8) is 0 Å². The molecular weight excluding hydrogens is 267 g/mol. The Balaban J connectivity index is 2.40. The SMILES string of the molecule is CN(C(=O)c1cc(F)ccc1C#CCN)c1ccccc1. The Bertz CT molecular complexity index is 702. The van der Waals surface area contributed by atoms with E-state index in [0.29, 0.717) is 5.56 Å². The minimum atomic E-state index is -0.474. The number of hydrogen-bond acceptors (Lipinski definition) is 2. The molecule has 0 aliphatic heterocycles. The Hall–Kier alpha value is -2.64. The van der Waals surface area contributed by atoms with Crippen LogP contribution in [0.2, 0.25) is 0 Å². The van der Waals surface area contributed by atoms with Crippen molar-refractivity contribution < 1.29 is 9.18 Å². The standard InChI is InChI=1S/C17H15FN2O/c1-20(15-7-3-2-4-8-15)17(21)16-12-14(18)10-9-13(16)6-5-11-19/h2-4,7-10,12H,11,19H2,1H3. The average Bonchev–Trinajstić information content (AvgIpc) is 2.53. The van der Waals surface area contributed by atoms with Gasteiger partial charge in [-0.15, -0.1) is 0 Å². The van der Waals surface area contributed by atoms with Crippen molar-refractivity contribution >= 4 is 11.6 Å². The molecule has 0 fully saturated rings. The summed E-state index contributed by atoms with van der Waals surface area (Å²) in [5.74, 6) is 4.69. The van der Waals surface area contributed by atoms with E-state index in [4.69, 9.17) is 5.73 Å². The van der Waals surface area contributed by atoms with Crippen LogP contribution in [-0.4, -0.2) is 19.5 Å². The number of anilines is 1. The number of para-hydroxylation sites is 1. The molecule has 0 aromatic heterocycles. The first-order valence-corrected chi connectivity index (χ1v) is 6.45. The van der Waals surface area contributed by atoms with Crippen LogP contribution in [0.4, 0.5) is 10.1 Å². The van der Waals surface area contributed by atoms with Crippen molar-refractivity contribution in [2.75, 3.05) is 18.5 Å². The van der Waals surface area contributed by atoms with E-state index in [1.807, 2.05) is 30.3 Å². The Kier molecular flexibility index (Phi) is 4.70. The lowest BCUT2D eigenvalue weighted by molar-refractivity contribution is 0.0992. The largest absolute Gasteiger partial charge is 0.320 e. The molecule has 2 aromatic rings. The van der Waals surface area contributed by atoms with E-state index in [9.17, 15) is 9.18 Å². The zero-order chi connectivity index (χ0) is 15.2. The van der Waals surface area contributed by atoms with Gasteiger partial charge < -0.3 is 10.6 Å². The summed E-state index contributed by atoms with van der Waals surface area (Å²) < 4.78 is 13.5. The van der Waals surface area contributed by atoms with E-state index in [1.54, 1.807) is 7.05 Å². The van der Waals surface area contributed by atoms with Crippen molar-refractivity contribution in [3.8, 4) is 11.8 Å². The molecule has 2 rings (SSSR count). The summed E-state index contributed by atoms with van der Waals surface area (Å²) in [6.07, 6.45) is 0. The lowest BCUT2D eigenvalue weighted by atomic mass is 10.1. The van der Waals surface area contributed by atoms with Gasteiger partial charge in [-0.3, -0.25) is 4.79 Å². The van der Waals surface area contributed by atoms with E-state index < -0.39 is 5.82 Å². The van der Waals surface area contributed by atoms with E-state index in [-0.39, 0.29) is 18.0 Å². The van der Waals surface area contributed by atoms with Crippen LogP contribution in [0.25, 0.3) is 0 Å². The molecule has 4 heteroatoms. The van der Waals surface area contributed by atoms with Crippen molar-refractivity contribution in [1.82, 2.24) is 0 Å². The molecule has 0 spiro atoms. The summed E-state index contributed by atoms with van der Waals surface area (Å²) >= 11 is 0. The molecular formula is C17H15FN2O. The molecule has 0 heterocycles. The minimum Gasteiger partial charge on any atom is -0.320 e. The summed E-state index contributed by atoms with van der Waals surface area (Å²) in [5.41, 5.74) is 6.76. The molecule has 0 unspecified atom stereocenters. The van der Waals surface area contributed by atoms with Gasteiger partial charge in [-0.2, -0.15) is 0 Å². The fourth-order valence-corrected chi connectivity index (χ4v) is 1.90. The summed E-state index contributed by atoms with van der Waals surface area (Å²) in [7, 11) is 1.64. The zero-order valence-corrected chi connectivity index (χ0v) is 11.6. The fraction of sp³-hybridized carbons (Fsp3) is 0.118. The van der Waals surface area contributed by atoms with Crippen LogP contribution < -0.4 is 10.6 Å². The third kappa shape index (κ3) is 3.47. The van der Waals surface area contributed by atoms with Crippen LogP contribution in [0.5, 0.6) is 0 Å². The van der Waals surface area contributed by atoms with Crippen LogP contribution >= 0.6 is 0 Å². The third-order valence-electron chi connectivity index (χ3n) is 2.99. The first-order chi connectivity index (χ1) is 10.1. The number of hydrogen-bond donors (Lipinski definition) is 1. The number of amides is 1. The Morgan fingerprint density at radius 1 is 1.24 bits per heavy atom. The molecule has 106 valence electrons. The normalized spacial score (nSPS) is 9.67. The molecule has 21 heavy (non-hydrogen) atoms. The van der Waals surface area contributed by atoms with Crippen LogP contribution in [0, 0.1) is 17.7 Å². The van der Waals surface area contributed by atoms with Crippen molar-refractivity contribution in [3.05, 3.63) is 65.5 Å². The van der Waals surface area contributed by atoms with E-state index in [2.05, 4.69) is 11.8 Å². The van der Waals surface area contributed by atoms with Gasteiger partial charge in [0, 0.05) is 18.3 Å². The molecule has 1 amide bonds. The second-order valence-corrected chi connectivity index (χ2v) is 4.40. The highest BCUT2D eigenvalue weighted by molar-refractivity contribution is 6.07. The zero-order valence-electron chi connectivity index (χ0n) is 11.6. The van der Waals surface area contributed by atoms with Crippen LogP contribution in [-0.2, 0) is 0 Å². The molecule has 3 nitrogen and oxygen atoms in total. The summed E-state index contributed by atoms with van der Waals surface area (Å²) in [6, 6.07) is 13.1. The highest BCUT2D eigenvalue weighted by Crippen LogP contribution is 2.18. The fourth-order valence-electron chi connectivity index (χ4n) is 1.90. The molecule has 2 aromatic carbocycles. The third-order valence-corrected chi connectivity index (χ3v) is 2.99. The maximum Gasteiger partial charge on any atom is 0.259 e. The van der Waals surface area contributed by atoms with Crippen LogP contribution in [0.1, 0.15) is 15.9 Å². The van der Waals surface area contributed by atoms with Gasteiger partial charge in [0.2, 0.25) is 0 Å². The first-order valence-electron chi connectivity index (χ1n) is 6.45. The summed E-state index contributed by atoms with van der Waals surface area (Å²) in [5, 5.41) is 0. The Morgan fingerprint density at radius 3 is 2.62 bits per heavy atom. The Labute approximate surface area is 123 Å². The molecule has 0 saturated carbocycles. The van der Waals surface area contributed by atoms with Crippen molar-refractivity contribution in [2.45, 2.75) is 0 Å². The second kappa shape index (κ2) is 6.69. The minimum absolute atomic E-state index is 0.180. The monoisotopic (exact) mass is 282 g/mol. The number of benzene rings is 2. The predicted octanol–water partition coefficient (Wildman–Crippen LogP) is 2.41. The van der Waals surface area contributed by atoms with E-state index in [0.717, 1.165) is 5.69 Å². The Morgan fingerprint density at radius 2 is 1.95 bits per heavy atom. The van der Waals surface area contributed by atoms with Crippen LogP contribution in [0.3, 0.4) is 0 Å². The maximum absolute atomic E-state index is 13.5. The highest BCUT2D eigenvalue weighted by Gasteiger charge is 2.17. The molecule has 0 bridgehead atoms. The second-order valence-electron chi connectivity index (χ2n) is 4.40. The molecule has 0 aliphatic rings. The van der Waals surface area contributed by atoms with Gasteiger partial charge in [0.25, 0.3) is 5.91 Å². The lowest BCUT2D eigenvalue weighted by Gasteiger charge is -2.18. The lowest BCUT2D eigenvalue weighted by Crippen LogP contribution is -2.27. The number of halogens is 1. The van der Waals surface area contributed by atoms with Gasteiger partial charge in [-0.05, 0) is 30.3 Å². The highest BCUT2D eigenvalue weighted by atomic mass is 19.1. The van der Waals surface area contributed by atoms with Gasteiger partial charge in [0.05, 0.1) is 12.1 Å². The molecule has 0 radical (unpaired) electrons. The topological polar surface area (TPSA) is 46.3 Å². The first kappa shape index (κ1) is 14.8. The van der Waals surface area contributed by atoms with Gasteiger partial charge in [-0.1, -0.05) is 30.0 Å². The van der Waals surface area contributed by atoms with Crippen LogP contribution in [0.15, 0.2) is 48.5 Å². The number of carbonyl (C=O) groups excluding carboxylic acids is 1. The van der Waals surface area contributed by atoms with Gasteiger partial charge >= 0.3 is 0 Å². The van der Waals surface area contributed by atoms with Crippen molar-refractivity contribution in [2.24, 2.45) is 5.73 Å². The predicted molar refractivity (Wildman–Crippen MR) is 81.5 cm³/mol. The maximum atomic E-state index is 13.5. The van der Waals surface area contributed by atoms with Gasteiger partial charge in [0.15, 0.2) is 0 Å². The van der Waals surface area contributed by atoms with Gasteiger partial charge in [-0.25, -0.2) is 4.39 Å². The number of carbonyl (C=O) groups is 1. The molecule has 0 aliphatic carbocycles. The quantitative estimate of drug-likeness (QED) is 0.860. The summed E-state index contributed by atoms with van der Waals surface area (Å²) in [6.45, 7) is 0.180. The number of nitrogens with two attached hydrogens (primary N) is 1. The van der Waals surface area contributed by atoms with E-state index >= 15 is 0 Å². The summed E-state index contributed by atoms with van der Waals surface area (Å²) in [4.78, 5) is 14.0. The molecule has 0 atom stereocenters. The molecule has 2 N–H and O–H groups in total. The van der Waals surface area contributed by atoms with Gasteiger partial charge in [0.1, 0.15) is 5.82 Å². The number of rotatable bonds is 2. The smallest absolute Gasteiger partial charge is 0.259 e. The average molecular weight is 282 g/mol. The van der Waals surface area contributed by atoms with Crippen molar-refractivity contribution in [1.29, 1.82) is 0 Å². The number of nitrogens with zero attached hydrogens (tertiary/aromatic N) is 1. The molecule has 0 saturated heterocycles. The van der Waals surface area contributed by atoms with E-state index in [1.165, 1.54) is 23.1 Å².